The summed E-state index contributed by atoms with van der Waals surface area (Å²) in [7, 11) is -3.13. The molecule has 2 N–H and O–H groups in total. The fraction of sp³-hybridized carbons (Fsp3) is 0.667. The topological polar surface area (TPSA) is 123 Å². The summed E-state index contributed by atoms with van der Waals surface area (Å²) in [6, 6.07) is 0. The molecule has 0 aromatic carbocycles. The summed E-state index contributed by atoms with van der Waals surface area (Å²) in [5.74, 6) is 0. The number of nitrogens with zero attached hydrogens (tertiary/aromatic N) is 4. The maximum absolute atomic E-state index is 12.6. The Bertz CT molecular complexity index is 782. The lowest BCUT2D eigenvalue weighted by Gasteiger charge is -2.24. The Morgan fingerprint density at radius 1 is 1.23 bits per heavy atom. The van der Waals surface area contributed by atoms with E-state index in [2.05, 4.69) is 15.0 Å². The molecule has 0 amide bonds. The van der Waals surface area contributed by atoms with Crippen molar-refractivity contribution in [1.82, 2.24) is 24.4 Å². The molecule has 0 radical (unpaired) electrons. The lowest BCUT2D eigenvalue weighted by atomic mass is 10.4. The van der Waals surface area contributed by atoms with Crippen LogP contribution in [0.3, 0.4) is 0 Å². The van der Waals surface area contributed by atoms with Crippen molar-refractivity contribution in [2.45, 2.75) is 20.4 Å². The van der Waals surface area contributed by atoms with E-state index in [1.165, 1.54) is 6.33 Å². The molecule has 0 atom stereocenters. The Morgan fingerprint density at radius 3 is 2.62 bits per heavy atom. The molecule has 0 unspecified atom stereocenters. The minimum atomic E-state index is -3.13. The third-order valence-electron chi connectivity index (χ3n) is 3.82. The number of aliphatic hydroxyl groups excluding tert-OH is 1. The van der Waals surface area contributed by atoms with Crippen LogP contribution in [0.1, 0.15) is 13.8 Å². The van der Waals surface area contributed by atoms with E-state index in [1.807, 2.05) is 4.90 Å². The zero-order chi connectivity index (χ0) is 19.0. The number of imidazole rings is 1. The molecule has 11 heteroatoms. The normalized spacial score (nSPS) is 12.3. The molecule has 0 aliphatic rings. The molecule has 10 nitrogen and oxygen atoms in total. The molecule has 0 saturated carbocycles. The van der Waals surface area contributed by atoms with Crippen molar-refractivity contribution in [2.75, 3.05) is 45.6 Å². The van der Waals surface area contributed by atoms with Crippen LogP contribution in [0.4, 0.5) is 0 Å². The van der Waals surface area contributed by atoms with Crippen molar-refractivity contribution in [3.05, 3.63) is 23.0 Å². The minimum absolute atomic E-state index is 0.0177. The van der Waals surface area contributed by atoms with Gasteiger partial charge >= 0.3 is 7.60 Å². The molecule has 0 saturated heterocycles. The van der Waals surface area contributed by atoms with Gasteiger partial charge in [0, 0.05) is 26.2 Å². The van der Waals surface area contributed by atoms with E-state index in [0.717, 1.165) is 0 Å². The molecule has 2 aromatic heterocycles. The van der Waals surface area contributed by atoms with Gasteiger partial charge in [-0.3, -0.25) is 14.3 Å². The molecule has 2 rings (SSSR count). The fourth-order valence-corrected chi connectivity index (χ4v) is 4.25. The second kappa shape index (κ2) is 9.94. The SMILES string of the molecule is CCOP(=O)(CCN(CCO)CCn1cnc2c(=O)[nH]cnc21)OCC. The highest BCUT2D eigenvalue weighted by Crippen LogP contribution is 2.47. The van der Waals surface area contributed by atoms with E-state index < -0.39 is 7.60 Å². The maximum Gasteiger partial charge on any atom is 0.331 e. The Kier molecular flexibility index (Phi) is 7.92. The Morgan fingerprint density at radius 2 is 1.96 bits per heavy atom. The summed E-state index contributed by atoms with van der Waals surface area (Å²) in [6.07, 6.45) is 3.15. The first-order valence-corrected chi connectivity index (χ1v) is 10.4. The van der Waals surface area contributed by atoms with Crippen LogP contribution >= 0.6 is 7.60 Å². The Hall–Kier alpha value is -1.58. The minimum Gasteiger partial charge on any atom is -0.395 e. The summed E-state index contributed by atoms with van der Waals surface area (Å²) >= 11 is 0. The van der Waals surface area contributed by atoms with E-state index in [9.17, 15) is 14.5 Å². The van der Waals surface area contributed by atoms with Gasteiger partial charge < -0.3 is 23.7 Å². The van der Waals surface area contributed by atoms with Gasteiger partial charge in [-0.05, 0) is 13.8 Å². The summed E-state index contributed by atoms with van der Waals surface area (Å²) in [5.41, 5.74) is 0.515. The van der Waals surface area contributed by atoms with Gasteiger partial charge in [0.05, 0.1) is 38.6 Å². The van der Waals surface area contributed by atoms with Gasteiger partial charge in [0.2, 0.25) is 0 Å². The fourth-order valence-electron chi connectivity index (χ4n) is 2.61. The van der Waals surface area contributed by atoms with Crippen LogP contribution in [0.2, 0.25) is 0 Å². The first-order valence-electron chi connectivity index (χ1n) is 8.62. The zero-order valence-corrected chi connectivity index (χ0v) is 16.0. The highest BCUT2D eigenvalue weighted by Gasteiger charge is 2.24. The van der Waals surface area contributed by atoms with Crippen LogP contribution in [0, 0.1) is 0 Å². The van der Waals surface area contributed by atoms with Crippen LogP contribution in [0.5, 0.6) is 0 Å². The number of hydrogen-bond donors (Lipinski definition) is 2. The number of aromatic nitrogens is 4. The monoisotopic (exact) mass is 387 g/mol. The van der Waals surface area contributed by atoms with Gasteiger partial charge in [0.25, 0.3) is 5.56 Å². The molecule has 2 aromatic rings. The molecular weight excluding hydrogens is 361 g/mol. The van der Waals surface area contributed by atoms with Crippen LogP contribution in [0.15, 0.2) is 17.4 Å². The lowest BCUT2D eigenvalue weighted by Crippen LogP contribution is -2.33. The highest BCUT2D eigenvalue weighted by molar-refractivity contribution is 7.53. The van der Waals surface area contributed by atoms with Crippen LogP contribution in [-0.4, -0.2) is 75.1 Å². The number of aromatic amines is 1. The molecule has 2 heterocycles. The molecule has 0 spiro atoms. The second-order valence-electron chi connectivity index (χ2n) is 5.58. The third-order valence-corrected chi connectivity index (χ3v) is 5.87. The second-order valence-corrected chi connectivity index (χ2v) is 7.76. The molecule has 146 valence electrons. The molecule has 0 fully saturated rings. The summed E-state index contributed by atoms with van der Waals surface area (Å²) < 4.78 is 24.9. The zero-order valence-electron chi connectivity index (χ0n) is 15.1. The number of nitrogens with one attached hydrogen (secondary N) is 1. The number of H-pyrrole nitrogens is 1. The largest absolute Gasteiger partial charge is 0.395 e. The van der Waals surface area contributed by atoms with Gasteiger partial charge in [0.15, 0.2) is 11.2 Å². The van der Waals surface area contributed by atoms with E-state index in [4.69, 9.17) is 9.05 Å². The Labute approximate surface area is 151 Å². The molecule has 0 aliphatic heterocycles. The average molecular weight is 387 g/mol. The van der Waals surface area contributed by atoms with E-state index >= 15 is 0 Å². The molecule has 0 aliphatic carbocycles. The number of aliphatic hydroxyl groups is 1. The molecule has 0 bridgehead atoms. The predicted octanol–water partition coefficient (Wildman–Crippen LogP) is 0.680. The number of rotatable bonds is 12. The maximum atomic E-state index is 12.6. The van der Waals surface area contributed by atoms with Gasteiger partial charge in [0.1, 0.15) is 0 Å². The van der Waals surface area contributed by atoms with E-state index in [1.54, 1.807) is 24.7 Å². The van der Waals surface area contributed by atoms with Crippen molar-refractivity contribution in [3.63, 3.8) is 0 Å². The smallest absolute Gasteiger partial charge is 0.331 e. The molecular formula is C15H26N5O5P. The van der Waals surface area contributed by atoms with Gasteiger partial charge in [-0.15, -0.1) is 0 Å². The molecule has 26 heavy (non-hydrogen) atoms. The average Bonchev–Trinajstić information content (AvgIpc) is 3.02. The quantitative estimate of drug-likeness (QED) is 0.510. The van der Waals surface area contributed by atoms with Gasteiger partial charge in [-0.25, -0.2) is 9.97 Å². The van der Waals surface area contributed by atoms with Crippen molar-refractivity contribution in [1.29, 1.82) is 0 Å². The van der Waals surface area contributed by atoms with Crippen molar-refractivity contribution in [3.8, 4) is 0 Å². The van der Waals surface area contributed by atoms with Crippen LogP contribution in [-0.2, 0) is 20.2 Å². The first-order chi connectivity index (χ1) is 12.5. The number of hydrogen-bond acceptors (Lipinski definition) is 8. The third kappa shape index (κ3) is 5.46. The summed E-state index contributed by atoms with van der Waals surface area (Å²) in [6.45, 7) is 6.15. The van der Waals surface area contributed by atoms with E-state index in [0.29, 0.717) is 50.6 Å². The van der Waals surface area contributed by atoms with Crippen molar-refractivity contribution in [2.24, 2.45) is 0 Å². The van der Waals surface area contributed by atoms with Crippen molar-refractivity contribution >= 4 is 18.8 Å². The highest BCUT2D eigenvalue weighted by atomic mass is 31.2. The number of fused-ring (bicyclic) bond motifs is 1. The van der Waals surface area contributed by atoms with Crippen molar-refractivity contribution < 1.29 is 18.7 Å². The van der Waals surface area contributed by atoms with Gasteiger partial charge in [-0.1, -0.05) is 0 Å². The van der Waals surface area contributed by atoms with Gasteiger partial charge in [-0.2, -0.15) is 0 Å². The lowest BCUT2D eigenvalue weighted by molar-refractivity contribution is 0.186. The first kappa shape index (κ1) is 20.7. The van der Waals surface area contributed by atoms with Crippen LogP contribution < -0.4 is 5.56 Å². The summed E-state index contributed by atoms with van der Waals surface area (Å²) in [5, 5.41) is 9.29. The summed E-state index contributed by atoms with van der Waals surface area (Å²) in [4.78, 5) is 24.4. The predicted molar refractivity (Wildman–Crippen MR) is 97.4 cm³/mol. The Balaban J connectivity index is 2.00. The standard InChI is InChI=1S/C15H26N5O5P/c1-3-24-26(23,25-4-2)10-8-19(7-9-21)5-6-20-12-18-13-14(20)16-11-17-15(13)22/h11-12,21H,3-10H2,1-2H3,(H,16,17,22). The van der Waals surface area contributed by atoms with Crippen LogP contribution in [0.25, 0.3) is 11.2 Å². The van der Waals surface area contributed by atoms with E-state index in [-0.39, 0.29) is 18.3 Å².